The van der Waals surface area contributed by atoms with E-state index in [1.807, 2.05) is 35.0 Å². The van der Waals surface area contributed by atoms with Gasteiger partial charge in [0.25, 0.3) is 0 Å². The van der Waals surface area contributed by atoms with Gasteiger partial charge in [0.2, 0.25) is 0 Å². The molecule has 140 valence electrons. The van der Waals surface area contributed by atoms with Crippen molar-refractivity contribution in [2.75, 3.05) is 5.73 Å². The van der Waals surface area contributed by atoms with Crippen LogP contribution in [0.3, 0.4) is 0 Å². The van der Waals surface area contributed by atoms with Crippen molar-refractivity contribution in [3.05, 3.63) is 65.9 Å². The number of anilines is 1. The van der Waals surface area contributed by atoms with E-state index in [1.165, 1.54) is 5.56 Å². The molecule has 2 aromatic carbocycles. The van der Waals surface area contributed by atoms with E-state index in [0.29, 0.717) is 37.1 Å². The zero-order valence-corrected chi connectivity index (χ0v) is 15.5. The number of nitrogens with two attached hydrogens (primary N) is 1. The average molecular weight is 363 g/mol. The van der Waals surface area contributed by atoms with Gasteiger partial charge in [0.05, 0.1) is 23.2 Å². The van der Waals surface area contributed by atoms with Gasteiger partial charge >= 0.3 is 0 Å². The standard InChI is InChI=1S/C22H25N3O2/c1-15-2-4-16(5-3-15)20-14-21(22(27)12-10-19(26)11-13-22)24-25(20)18-8-6-17(23)7-9-18/h2-9,14,19,26-27H,10-13,23H2,1H3. The van der Waals surface area contributed by atoms with E-state index in [-0.39, 0.29) is 6.10 Å². The maximum Gasteiger partial charge on any atom is 0.109 e. The Morgan fingerprint density at radius 3 is 2.30 bits per heavy atom. The summed E-state index contributed by atoms with van der Waals surface area (Å²) in [5, 5.41) is 25.8. The Kier molecular flexibility index (Phi) is 4.50. The van der Waals surface area contributed by atoms with Crippen molar-refractivity contribution in [1.82, 2.24) is 9.78 Å². The summed E-state index contributed by atoms with van der Waals surface area (Å²) in [7, 11) is 0. The molecule has 1 aliphatic carbocycles. The third-order valence-corrected chi connectivity index (χ3v) is 5.45. The summed E-state index contributed by atoms with van der Waals surface area (Å²) in [5.74, 6) is 0. The predicted octanol–water partition coefficient (Wildman–Crippen LogP) is 3.55. The molecule has 0 atom stereocenters. The number of hydrogen-bond donors (Lipinski definition) is 3. The molecule has 1 saturated carbocycles. The van der Waals surface area contributed by atoms with Gasteiger partial charge in [0.1, 0.15) is 5.60 Å². The third-order valence-electron chi connectivity index (χ3n) is 5.45. The van der Waals surface area contributed by atoms with E-state index < -0.39 is 5.60 Å². The Labute approximate surface area is 159 Å². The fourth-order valence-electron chi connectivity index (χ4n) is 3.69. The van der Waals surface area contributed by atoms with Crippen molar-refractivity contribution in [3.8, 4) is 16.9 Å². The van der Waals surface area contributed by atoms with Crippen molar-refractivity contribution >= 4 is 5.69 Å². The van der Waals surface area contributed by atoms with Gasteiger partial charge in [-0.25, -0.2) is 4.68 Å². The molecule has 0 amide bonds. The lowest BCUT2D eigenvalue weighted by Gasteiger charge is -2.32. The first-order valence-electron chi connectivity index (χ1n) is 9.38. The van der Waals surface area contributed by atoms with Gasteiger partial charge < -0.3 is 15.9 Å². The minimum absolute atomic E-state index is 0.332. The average Bonchev–Trinajstić information content (AvgIpc) is 3.12. The summed E-state index contributed by atoms with van der Waals surface area (Å²) in [6.45, 7) is 2.06. The highest BCUT2D eigenvalue weighted by Crippen LogP contribution is 2.38. The van der Waals surface area contributed by atoms with Crippen LogP contribution in [0.25, 0.3) is 16.9 Å². The van der Waals surface area contributed by atoms with Gasteiger partial charge in [0.15, 0.2) is 0 Å². The van der Waals surface area contributed by atoms with Crippen LogP contribution >= 0.6 is 0 Å². The summed E-state index contributed by atoms with van der Waals surface area (Å²) in [5.41, 5.74) is 10.2. The zero-order valence-electron chi connectivity index (χ0n) is 15.5. The number of benzene rings is 2. The molecule has 1 aliphatic rings. The van der Waals surface area contributed by atoms with Gasteiger partial charge in [-0.05, 0) is 62.9 Å². The summed E-state index contributed by atoms with van der Waals surface area (Å²) < 4.78 is 1.86. The quantitative estimate of drug-likeness (QED) is 0.621. The van der Waals surface area contributed by atoms with Gasteiger partial charge in [0, 0.05) is 11.3 Å². The number of aryl methyl sites for hydroxylation is 1. The molecule has 1 aromatic heterocycles. The smallest absolute Gasteiger partial charge is 0.109 e. The highest BCUT2D eigenvalue weighted by molar-refractivity contribution is 5.64. The van der Waals surface area contributed by atoms with Crippen LogP contribution in [-0.4, -0.2) is 26.1 Å². The Morgan fingerprint density at radius 1 is 1.04 bits per heavy atom. The van der Waals surface area contributed by atoms with Crippen LogP contribution in [0.1, 0.15) is 36.9 Å². The molecule has 4 N–H and O–H groups in total. The van der Waals surface area contributed by atoms with Crippen LogP contribution in [0, 0.1) is 6.92 Å². The van der Waals surface area contributed by atoms with Crippen molar-refractivity contribution in [2.45, 2.75) is 44.3 Å². The first kappa shape index (κ1) is 17.8. The highest BCUT2D eigenvalue weighted by atomic mass is 16.3. The van der Waals surface area contributed by atoms with Crippen molar-refractivity contribution in [1.29, 1.82) is 0 Å². The molecule has 1 fully saturated rings. The second-order valence-corrected chi connectivity index (χ2v) is 7.55. The SMILES string of the molecule is Cc1ccc(-c2cc(C3(O)CCC(O)CC3)nn2-c2ccc(N)cc2)cc1. The molecule has 0 bridgehead atoms. The largest absolute Gasteiger partial charge is 0.399 e. The molecule has 1 heterocycles. The number of nitrogen functional groups attached to an aromatic ring is 1. The summed E-state index contributed by atoms with van der Waals surface area (Å²) in [6.07, 6.45) is 1.87. The Bertz CT molecular complexity index is 858. The maximum absolute atomic E-state index is 11.2. The second kappa shape index (κ2) is 6.83. The lowest BCUT2D eigenvalue weighted by molar-refractivity contribution is -0.0393. The van der Waals surface area contributed by atoms with Gasteiger partial charge in [-0.1, -0.05) is 29.8 Å². The third kappa shape index (κ3) is 3.48. The van der Waals surface area contributed by atoms with E-state index in [2.05, 4.69) is 31.2 Å². The molecule has 0 aliphatic heterocycles. The van der Waals surface area contributed by atoms with Gasteiger partial charge in [-0.15, -0.1) is 0 Å². The lowest BCUT2D eigenvalue weighted by Crippen LogP contribution is -2.33. The molecule has 5 nitrogen and oxygen atoms in total. The summed E-state index contributed by atoms with van der Waals surface area (Å²) >= 11 is 0. The van der Waals surface area contributed by atoms with E-state index in [0.717, 1.165) is 16.9 Å². The van der Waals surface area contributed by atoms with Gasteiger partial charge in [-0.2, -0.15) is 5.10 Å². The number of hydrogen-bond acceptors (Lipinski definition) is 4. The number of nitrogens with zero attached hydrogens (tertiary/aromatic N) is 2. The lowest BCUT2D eigenvalue weighted by atomic mass is 9.81. The fraction of sp³-hybridized carbons (Fsp3) is 0.318. The first-order chi connectivity index (χ1) is 12.9. The molecular weight excluding hydrogens is 338 g/mol. The van der Waals surface area contributed by atoms with Crippen LogP contribution in [-0.2, 0) is 5.60 Å². The van der Waals surface area contributed by atoms with Crippen LogP contribution in [0.5, 0.6) is 0 Å². The maximum atomic E-state index is 11.2. The molecule has 0 unspecified atom stereocenters. The van der Waals surface area contributed by atoms with E-state index in [4.69, 9.17) is 10.8 Å². The van der Waals surface area contributed by atoms with Crippen molar-refractivity contribution in [3.63, 3.8) is 0 Å². The van der Waals surface area contributed by atoms with E-state index in [1.54, 1.807) is 0 Å². The molecule has 3 aromatic rings. The monoisotopic (exact) mass is 363 g/mol. The van der Waals surface area contributed by atoms with Gasteiger partial charge in [-0.3, -0.25) is 0 Å². The highest BCUT2D eigenvalue weighted by Gasteiger charge is 2.37. The summed E-state index contributed by atoms with van der Waals surface area (Å²) in [6, 6.07) is 17.8. The van der Waals surface area contributed by atoms with E-state index in [9.17, 15) is 10.2 Å². The fourth-order valence-corrected chi connectivity index (χ4v) is 3.69. The molecular formula is C22H25N3O2. The molecule has 5 heteroatoms. The van der Waals surface area contributed by atoms with Crippen molar-refractivity contribution in [2.24, 2.45) is 0 Å². The Hall–Kier alpha value is -2.63. The van der Waals surface area contributed by atoms with Crippen LogP contribution in [0.4, 0.5) is 5.69 Å². The molecule has 4 rings (SSSR count). The predicted molar refractivity (Wildman–Crippen MR) is 107 cm³/mol. The Morgan fingerprint density at radius 2 is 1.67 bits per heavy atom. The van der Waals surface area contributed by atoms with Crippen LogP contribution in [0.15, 0.2) is 54.6 Å². The number of aliphatic hydroxyl groups is 2. The van der Waals surface area contributed by atoms with Crippen molar-refractivity contribution < 1.29 is 10.2 Å². The minimum Gasteiger partial charge on any atom is -0.399 e. The van der Waals surface area contributed by atoms with E-state index >= 15 is 0 Å². The summed E-state index contributed by atoms with van der Waals surface area (Å²) in [4.78, 5) is 0. The zero-order chi connectivity index (χ0) is 19.0. The first-order valence-corrected chi connectivity index (χ1v) is 9.38. The van der Waals surface area contributed by atoms with Crippen LogP contribution < -0.4 is 5.73 Å². The normalized spacial score (nSPS) is 22.7. The number of aliphatic hydroxyl groups excluding tert-OH is 1. The second-order valence-electron chi connectivity index (χ2n) is 7.55. The topological polar surface area (TPSA) is 84.3 Å². The minimum atomic E-state index is -1.00. The van der Waals surface area contributed by atoms with Crippen LogP contribution in [0.2, 0.25) is 0 Å². The Balaban J connectivity index is 1.82. The molecule has 0 saturated heterocycles. The molecule has 27 heavy (non-hydrogen) atoms. The molecule has 0 radical (unpaired) electrons. The number of aromatic nitrogens is 2. The number of rotatable bonds is 3. The molecule has 0 spiro atoms.